The van der Waals surface area contributed by atoms with E-state index in [0.717, 1.165) is 16.0 Å². The lowest BCUT2D eigenvalue weighted by molar-refractivity contribution is -0.136. The number of hydrogen-bond acceptors (Lipinski definition) is 4. The van der Waals surface area contributed by atoms with Crippen LogP contribution in [0.25, 0.3) is 0 Å². The SMILES string of the molecule is O=C(CN1C(=O)NC2(CCOc3ccccc32)C1=O)NC(Cc1ccccc1)c1ccccc1. The summed E-state index contributed by atoms with van der Waals surface area (Å²) in [4.78, 5) is 40.3. The predicted octanol–water partition coefficient (Wildman–Crippen LogP) is 3.32. The molecule has 3 aromatic carbocycles. The second kappa shape index (κ2) is 9.02. The number of hydrogen-bond donors (Lipinski definition) is 2. The van der Waals surface area contributed by atoms with Gasteiger partial charge in [-0.3, -0.25) is 14.5 Å². The molecule has 2 unspecified atom stereocenters. The average Bonchev–Trinajstić information content (AvgIpc) is 3.09. The maximum atomic E-state index is 13.4. The molecule has 1 spiro atoms. The summed E-state index contributed by atoms with van der Waals surface area (Å²) in [5, 5.41) is 5.86. The van der Waals surface area contributed by atoms with Gasteiger partial charge in [0.25, 0.3) is 5.91 Å². The Bertz CT molecular complexity index is 1210. The summed E-state index contributed by atoms with van der Waals surface area (Å²) in [5.74, 6) is -0.255. The molecule has 0 aliphatic carbocycles. The molecule has 7 heteroatoms. The number of benzene rings is 3. The van der Waals surface area contributed by atoms with Crippen LogP contribution in [0, 0.1) is 0 Å². The highest BCUT2D eigenvalue weighted by molar-refractivity contribution is 6.09. The number of nitrogens with one attached hydrogen (secondary N) is 2. The van der Waals surface area contributed by atoms with Gasteiger partial charge in [0, 0.05) is 12.0 Å². The zero-order chi connectivity index (χ0) is 23.5. The van der Waals surface area contributed by atoms with Crippen LogP contribution in [0.4, 0.5) is 4.79 Å². The molecule has 2 heterocycles. The minimum absolute atomic E-state index is 0.297. The van der Waals surface area contributed by atoms with E-state index in [1.807, 2.05) is 66.7 Å². The first-order valence-electron chi connectivity index (χ1n) is 11.3. The summed E-state index contributed by atoms with van der Waals surface area (Å²) in [6, 6.07) is 25.8. The molecule has 7 nitrogen and oxygen atoms in total. The largest absolute Gasteiger partial charge is 0.493 e. The smallest absolute Gasteiger partial charge is 0.325 e. The summed E-state index contributed by atoms with van der Waals surface area (Å²) >= 11 is 0. The van der Waals surface area contributed by atoms with Crippen molar-refractivity contribution in [2.24, 2.45) is 0 Å². The van der Waals surface area contributed by atoms with Gasteiger partial charge in [-0.2, -0.15) is 0 Å². The molecule has 3 aromatic rings. The van der Waals surface area contributed by atoms with Crippen LogP contribution in [0.15, 0.2) is 84.9 Å². The van der Waals surface area contributed by atoms with Crippen LogP contribution in [-0.2, 0) is 21.5 Å². The fraction of sp³-hybridized carbons (Fsp3) is 0.222. The number of urea groups is 1. The van der Waals surface area contributed by atoms with Gasteiger partial charge < -0.3 is 15.4 Å². The molecule has 0 saturated carbocycles. The number of nitrogens with zero attached hydrogens (tertiary/aromatic N) is 1. The first-order chi connectivity index (χ1) is 16.6. The van der Waals surface area contributed by atoms with E-state index >= 15 is 0 Å². The van der Waals surface area contributed by atoms with Crippen molar-refractivity contribution in [2.75, 3.05) is 13.2 Å². The number of carbonyl (C=O) groups excluding carboxylic acids is 3. The Morgan fingerprint density at radius 3 is 2.41 bits per heavy atom. The molecule has 0 aromatic heterocycles. The van der Waals surface area contributed by atoms with E-state index in [-0.39, 0.29) is 12.6 Å². The maximum Gasteiger partial charge on any atom is 0.325 e. The van der Waals surface area contributed by atoms with Crippen molar-refractivity contribution in [1.82, 2.24) is 15.5 Å². The molecule has 172 valence electrons. The molecule has 0 radical (unpaired) electrons. The number of rotatable bonds is 6. The van der Waals surface area contributed by atoms with Crippen molar-refractivity contribution in [2.45, 2.75) is 24.4 Å². The Balaban J connectivity index is 1.34. The van der Waals surface area contributed by atoms with Gasteiger partial charge in [-0.1, -0.05) is 78.9 Å². The van der Waals surface area contributed by atoms with Crippen LogP contribution in [0.2, 0.25) is 0 Å². The molecule has 1 saturated heterocycles. The minimum Gasteiger partial charge on any atom is -0.493 e. The predicted molar refractivity (Wildman–Crippen MR) is 126 cm³/mol. The molecule has 2 N–H and O–H groups in total. The molecule has 0 bridgehead atoms. The maximum absolute atomic E-state index is 13.4. The summed E-state index contributed by atoms with van der Waals surface area (Å²) in [5.41, 5.74) is 1.44. The number of para-hydroxylation sites is 1. The van der Waals surface area contributed by atoms with Gasteiger partial charge in [-0.25, -0.2) is 4.79 Å². The topological polar surface area (TPSA) is 87.7 Å². The van der Waals surface area contributed by atoms with Crippen LogP contribution in [0.5, 0.6) is 5.75 Å². The van der Waals surface area contributed by atoms with Gasteiger partial charge in [0.1, 0.15) is 12.3 Å². The first-order valence-corrected chi connectivity index (χ1v) is 11.3. The van der Waals surface area contributed by atoms with Gasteiger partial charge in [0.05, 0.1) is 12.6 Å². The van der Waals surface area contributed by atoms with E-state index in [2.05, 4.69) is 10.6 Å². The molecule has 2 atom stereocenters. The molecule has 5 rings (SSSR count). The molecule has 34 heavy (non-hydrogen) atoms. The monoisotopic (exact) mass is 455 g/mol. The van der Waals surface area contributed by atoms with Crippen molar-refractivity contribution in [3.8, 4) is 5.75 Å². The van der Waals surface area contributed by atoms with Crippen LogP contribution in [-0.4, -0.2) is 35.9 Å². The van der Waals surface area contributed by atoms with E-state index in [4.69, 9.17) is 4.74 Å². The molecular weight excluding hydrogens is 430 g/mol. The average molecular weight is 456 g/mol. The summed E-state index contributed by atoms with van der Waals surface area (Å²) in [6.45, 7) is -0.0518. The van der Waals surface area contributed by atoms with Crippen LogP contribution >= 0.6 is 0 Å². The van der Waals surface area contributed by atoms with Crippen molar-refractivity contribution >= 4 is 17.8 Å². The van der Waals surface area contributed by atoms with E-state index in [1.165, 1.54) is 0 Å². The lowest BCUT2D eigenvalue weighted by Gasteiger charge is -2.33. The molecule has 2 aliphatic rings. The van der Waals surface area contributed by atoms with Crippen LogP contribution in [0.1, 0.15) is 29.2 Å². The zero-order valence-electron chi connectivity index (χ0n) is 18.6. The molecule has 1 fully saturated rings. The fourth-order valence-corrected chi connectivity index (χ4v) is 4.69. The van der Waals surface area contributed by atoms with Crippen molar-refractivity contribution in [1.29, 1.82) is 0 Å². The number of amides is 4. The summed E-state index contributed by atoms with van der Waals surface area (Å²) in [7, 11) is 0. The van der Waals surface area contributed by atoms with E-state index in [1.54, 1.807) is 18.2 Å². The third kappa shape index (κ3) is 4.01. The van der Waals surface area contributed by atoms with E-state index in [9.17, 15) is 14.4 Å². The number of imide groups is 1. The Morgan fingerprint density at radius 2 is 1.65 bits per heavy atom. The standard InChI is InChI=1S/C27H25N3O4/c31-24(28-22(20-11-5-2-6-12-20)17-19-9-3-1-4-10-19)18-30-25(32)27(29-26(30)33)15-16-34-23-14-8-7-13-21(23)27/h1-14,22H,15-18H2,(H,28,31)(H,29,33). The molecule has 4 amide bonds. The van der Waals surface area contributed by atoms with Gasteiger partial charge in [0.2, 0.25) is 5.91 Å². The number of fused-ring (bicyclic) bond motifs is 2. The second-order valence-corrected chi connectivity index (χ2v) is 8.54. The van der Waals surface area contributed by atoms with Gasteiger partial charge >= 0.3 is 6.03 Å². The Morgan fingerprint density at radius 1 is 0.971 bits per heavy atom. The Hall–Kier alpha value is -4.13. The highest BCUT2D eigenvalue weighted by Gasteiger charge is 2.55. The van der Waals surface area contributed by atoms with Crippen molar-refractivity contribution < 1.29 is 19.1 Å². The lowest BCUT2D eigenvalue weighted by atomic mass is 9.84. The highest BCUT2D eigenvalue weighted by Crippen LogP contribution is 2.40. The number of carbonyl (C=O) groups is 3. The first kappa shape index (κ1) is 21.7. The lowest BCUT2D eigenvalue weighted by Crippen LogP contribution is -2.48. The normalized spacial score (nSPS) is 19.8. The summed E-state index contributed by atoms with van der Waals surface area (Å²) < 4.78 is 5.67. The van der Waals surface area contributed by atoms with Gasteiger partial charge in [0.15, 0.2) is 5.54 Å². The number of ether oxygens (including phenoxy) is 1. The highest BCUT2D eigenvalue weighted by atomic mass is 16.5. The van der Waals surface area contributed by atoms with Crippen molar-refractivity contribution in [3.05, 3.63) is 102 Å². The molecule has 2 aliphatic heterocycles. The molecular formula is C27H25N3O4. The van der Waals surface area contributed by atoms with Gasteiger partial charge in [-0.05, 0) is 23.6 Å². The Kier molecular flexibility index (Phi) is 5.76. The second-order valence-electron chi connectivity index (χ2n) is 8.54. The van der Waals surface area contributed by atoms with Gasteiger partial charge in [-0.15, -0.1) is 0 Å². The zero-order valence-corrected chi connectivity index (χ0v) is 18.6. The van der Waals surface area contributed by atoms with Crippen LogP contribution in [0.3, 0.4) is 0 Å². The van der Waals surface area contributed by atoms with E-state index < -0.39 is 23.4 Å². The van der Waals surface area contributed by atoms with Crippen molar-refractivity contribution in [3.63, 3.8) is 0 Å². The van der Waals surface area contributed by atoms with Crippen LogP contribution < -0.4 is 15.4 Å². The third-order valence-electron chi connectivity index (χ3n) is 6.38. The van der Waals surface area contributed by atoms with E-state index in [0.29, 0.717) is 30.8 Å². The third-order valence-corrected chi connectivity index (χ3v) is 6.38. The summed E-state index contributed by atoms with van der Waals surface area (Å²) in [6.07, 6.45) is 0.902. The fourth-order valence-electron chi connectivity index (χ4n) is 4.69. The minimum atomic E-state index is -1.20. The quantitative estimate of drug-likeness (QED) is 0.559. The Labute approximate surface area is 197 Å².